The molecule has 1 aromatic heterocycles. The molecule has 1 heterocycles. The predicted molar refractivity (Wildman–Crippen MR) is 119 cm³/mol. The minimum absolute atomic E-state index is 0.762. The fourth-order valence-electron chi connectivity index (χ4n) is 3.92. The van der Waals surface area contributed by atoms with Crippen LogP contribution in [0, 0.1) is 0 Å². The minimum Gasteiger partial charge on any atom is -0.397 e. The molecule has 28 heavy (non-hydrogen) atoms. The summed E-state index contributed by atoms with van der Waals surface area (Å²) in [4.78, 5) is 0. The van der Waals surface area contributed by atoms with Crippen LogP contribution >= 0.6 is 0 Å². The molecule has 4 aromatic carbocycles. The molecule has 2 heteroatoms. The summed E-state index contributed by atoms with van der Waals surface area (Å²) >= 11 is 0. The van der Waals surface area contributed by atoms with Gasteiger partial charge in [-0.25, -0.2) is 0 Å². The molecule has 0 atom stereocenters. The maximum atomic E-state index is 6.80. The van der Waals surface area contributed by atoms with Crippen LogP contribution in [0.4, 0.5) is 0 Å². The highest BCUT2D eigenvalue weighted by molar-refractivity contribution is 6.12. The minimum atomic E-state index is 0.762. The van der Waals surface area contributed by atoms with E-state index in [2.05, 4.69) is 89.5 Å². The van der Waals surface area contributed by atoms with Gasteiger partial charge in [-0.05, 0) is 17.7 Å². The SMILES string of the molecule is N/C(=C(/c1ccccc1)n1c2ccccc2c2ccccc21)c1ccccc1. The third-order valence-corrected chi connectivity index (χ3v) is 5.19. The van der Waals surface area contributed by atoms with E-state index in [1.54, 1.807) is 0 Å². The zero-order valence-electron chi connectivity index (χ0n) is 15.4. The Morgan fingerprint density at radius 3 is 1.46 bits per heavy atom. The van der Waals surface area contributed by atoms with Crippen molar-refractivity contribution in [2.45, 2.75) is 0 Å². The van der Waals surface area contributed by atoms with Gasteiger partial charge >= 0.3 is 0 Å². The second-order valence-electron chi connectivity index (χ2n) is 6.86. The van der Waals surface area contributed by atoms with Crippen LogP contribution in [0.15, 0.2) is 109 Å². The standard InChI is InChI=1S/C26H20N2/c27-25(19-11-3-1-4-12-19)26(20-13-5-2-6-14-20)28-23-17-9-7-15-21(23)22-16-8-10-18-24(22)28/h1-18H,27H2/b26-25-. The summed E-state index contributed by atoms with van der Waals surface area (Å²) in [6.45, 7) is 0. The number of rotatable bonds is 3. The Morgan fingerprint density at radius 1 is 0.500 bits per heavy atom. The lowest BCUT2D eigenvalue weighted by Crippen LogP contribution is -2.08. The molecule has 0 radical (unpaired) electrons. The van der Waals surface area contributed by atoms with Crippen LogP contribution < -0.4 is 5.73 Å². The molecule has 0 saturated carbocycles. The first-order chi connectivity index (χ1) is 13.8. The van der Waals surface area contributed by atoms with Gasteiger partial charge in [0.2, 0.25) is 0 Å². The van der Waals surface area contributed by atoms with Gasteiger partial charge in [-0.1, -0.05) is 97.1 Å². The van der Waals surface area contributed by atoms with Crippen molar-refractivity contribution in [3.05, 3.63) is 120 Å². The predicted octanol–water partition coefficient (Wildman–Crippen LogP) is 6.13. The average molecular weight is 360 g/mol. The molecule has 0 amide bonds. The van der Waals surface area contributed by atoms with Crippen molar-refractivity contribution in [2.24, 2.45) is 5.73 Å². The monoisotopic (exact) mass is 360 g/mol. The van der Waals surface area contributed by atoms with Crippen LogP contribution in [0.5, 0.6) is 0 Å². The fraction of sp³-hybridized carbons (Fsp3) is 0. The van der Waals surface area contributed by atoms with Crippen LogP contribution in [0.25, 0.3) is 33.2 Å². The molecule has 0 unspecified atom stereocenters. The molecule has 0 aliphatic rings. The Balaban J connectivity index is 1.95. The number of nitrogens with zero attached hydrogens (tertiary/aromatic N) is 1. The number of hydrogen-bond donors (Lipinski definition) is 1. The number of benzene rings is 4. The van der Waals surface area contributed by atoms with Crippen molar-refractivity contribution in [1.29, 1.82) is 0 Å². The molecule has 0 spiro atoms. The van der Waals surface area contributed by atoms with E-state index in [4.69, 9.17) is 5.73 Å². The zero-order chi connectivity index (χ0) is 18.9. The fourth-order valence-corrected chi connectivity index (χ4v) is 3.92. The molecule has 5 rings (SSSR count). The highest BCUT2D eigenvalue weighted by atomic mass is 15.0. The molecule has 0 aliphatic heterocycles. The molecule has 5 aromatic rings. The van der Waals surface area contributed by atoms with Gasteiger partial charge in [0.1, 0.15) is 0 Å². The second kappa shape index (κ2) is 6.75. The quantitative estimate of drug-likeness (QED) is 0.386. The van der Waals surface area contributed by atoms with E-state index in [1.165, 1.54) is 10.8 Å². The Kier molecular flexibility index (Phi) is 3.95. The van der Waals surface area contributed by atoms with Gasteiger partial charge in [0.25, 0.3) is 0 Å². The normalized spacial score (nSPS) is 12.3. The van der Waals surface area contributed by atoms with Crippen molar-refractivity contribution in [3.63, 3.8) is 0 Å². The van der Waals surface area contributed by atoms with E-state index in [-0.39, 0.29) is 0 Å². The average Bonchev–Trinajstić information content (AvgIpc) is 3.10. The summed E-state index contributed by atoms with van der Waals surface area (Å²) in [6, 6.07) is 37.6. The number of hydrogen-bond acceptors (Lipinski definition) is 1. The van der Waals surface area contributed by atoms with Crippen molar-refractivity contribution >= 4 is 33.2 Å². The van der Waals surface area contributed by atoms with Gasteiger partial charge in [-0.2, -0.15) is 0 Å². The molecule has 0 fully saturated rings. The number of nitrogens with two attached hydrogens (primary N) is 1. The van der Waals surface area contributed by atoms with Crippen molar-refractivity contribution in [2.75, 3.05) is 0 Å². The highest BCUT2D eigenvalue weighted by Crippen LogP contribution is 2.35. The lowest BCUT2D eigenvalue weighted by molar-refractivity contribution is 1.21. The highest BCUT2D eigenvalue weighted by Gasteiger charge is 2.17. The van der Waals surface area contributed by atoms with Crippen LogP contribution in [0.2, 0.25) is 0 Å². The van der Waals surface area contributed by atoms with Gasteiger partial charge in [-0.3, -0.25) is 0 Å². The molecule has 134 valence electrons. The summed E-state index contributed by atoms with van der Waals surface area (Å²) in [7, 11) is 0. The van der Waals surface area contributed by atoms with Crippen molar-refractivity contribution in [3.8, 4) is 0 Å². The van der Waals surface area contributed by atoms with E-state index in [0.717, 1.165) is 33.6 Å². The maximum absolute atomic E-state index is 6.80. The second-order valence-corrected chi connectivity index (χ2v) is 6.86. The number of para-hydroxylation sites is 2. The molecule has 2 N–H and O–H groups in total. The molecular weight excluding hydrogens is 340 g/mol. The Morgan fingerprint density at radius 2 is 0.929 bits per heavy atom. The van der Waals surface area contributed by atoms with Gasteiger partial charge in [0.05, 0.1) is 22.4 Å². The molecular formula is C26H20N2. The van der Waals surface area contributed by atoms with Crippen LogP contribution in [-0.2, 0) is 0 Å². The first kappa shape index (κ1) is 16.4. The summed E-state index contributed by atoms with van der Waals surface area (Å²) in [5.41, 5.74) is 13.0. The Labute approximate surface area is 164 Å². The van der Waals surface area contributed by atoms with E-state index in [0.29, 0.717) is 0 Å². The van der Waals surface area contributed by atoms with E-state index in [9.17, 15) is 0 Å². The summed E-state index contributed by atoms with van der Waals surface area (Å²) in [5.74, 6) is 0. The number of fused-ring (bicyclic) bond motifs is 3. The van der Waals surface area contributed by atoms with Crippen molar-refractivity contribution in [1.82, 2.24) is 4.57 Å². The molecule has 0 aliphatic carbocycles. The van der Waals surface area contributed by atoms with Crippen LogP contribution in [0.3, 0.4) is 0 Å². The van der Waals surface area contributed by atoms with Gasteiger partial charge in [0.15, 0.2) is 0 Å². The third-order valence-electron chi connectivity index (χ3n) is 5.19. The van der Waals surface area contributed by atoms with Crippen LogP contribution in [0.1, 0.15) is 11.1 Å². The Bertz CT molecular complexity index is 1240. The summed E-state index contributed by atoms with van der Waals surface area (Å²) in [5, 5.41) is 2.46. The lowest BCUT2D eigenvalue weighted by atomic mass is 10.0. The third kappa shape index (κ3) is 2.58. The maximum Gasteiger partial charge on any atom is 0.0770 e. The van der Waals surface area contributed by atoms with E-state index in [1.807, 2.05) is 24.3 Å². The first-order valence-corrected chi connectivity index (χ1v) is 9.44. The van der Waals surface area contributed by atoms with Gasteiger partial charge in [0, 0.05) is 16.3 Å². The van der Waals surface area contributed by atoms with Gasteiger partial charge in [-0.15, -0.1) is 0 Å². The van der Waals surface area contributed by atoms with E-state index < -0.39 is 0 Å². The molecule has 0 bridgehead atoms. The zero-order valence-corrected chi connectivity index (χ0v) is 15.4. The van der Waals surface area contributed by atoms with Gasteiger partial charge < -0.3 is 10.3 Å². The van der Waals surface area contributed by atoms with Crippen LogP contribution in [-0.4, -0.2) is 4.57 Å². The largest absolute Gasteiger partial charge is 0.397 e. The summed E-state index contributed by atoms with van der Waals surface area (Å²) in [6.07, 6.45) is 0. The Hall–Kier alpha value is -3.78. The molecule has 0 saturated heterocycles. The first-order valence-electron chi connectivity index (χ1n) is 9.44. The van der Waals surface area contributed by atoms with E-state index >= 15 is 0 Å². The lowest BCUT2D eigenvalue weighted by Gasteiger charge is -2.17. The number of aromatic nitrogens is 1. The smallest absolute Gasteiger partial charge is 0.0770 e. The summed E-state index contributed by atoms with van der Waals surface area (Å²) < 4.78 is 2.29. The molecule has 2 nitrogen and oxygen atoms in total. The topological polar surface area (TPSA) is 30.9 Å². The van der Waals surface area contributed by atoms with Crippen molar-refractivity contribution < 1.29 is 0 Å².